The van der Waals surface area contributed by atoms with Crippen LogP contribution in [0, 0.1) is 0 Å². The van der Waals surface area contributed by atoms with E-state index in [-0.39, 0.29) is 17.9 Å². The molecular formula is C27H37N3O5. The Hall–Kier alpha value is -3.55. The van der Waals surface area contributed by atoms with Gasteiger partial charge >= 0.3 is 6.09 Å². The van der Waals surface area contributed by atoms with Gasteiger partial charge in [0, 0.05) is 11.7 Å². The zero-order valence-corrected chi connectivity index (χ0v) is 21.6. The number of methoxy groups -OCH3 is 1. The lowest BCUT2D eigenvalue weighted by Gasteiger charge is -2.37. The Morgan fingerprint density at radius 2 is 1.57 bits per heavy atom. The Morgan fingerprint density at radius 3 is 2.09 bits per heavy atom. The summed E-state index contributed by atoms with van der Waals surface area (Å²) >= 11 is 0. The number of rotatable bonds is 9. The van der Waals surface area contributed by atoms with E-state index in [1.54, 1.807) is 59.1 Å². The van der Waals surface area contributed by atoms with E-state index in [9.17, 15) is 14.4 Å². The van der Waals surface area contributed by atoms with Gasteiger partial charge in [-0.2, -0.15) is 0 Å². The maximum Gasteiger partial charge on any atom is 0.408 e. The summed E-state index contributed by atoms with van der Waals surface area (Å²) in [6, 6.07) is 14.0. The van der Waals surface area contributed by atoms with Crippen LogP contribution >= 0.6 is 0 Å². The normalized spacial score (nSPS) is 13.7. The molecule has 0 radical (unpaired) electrons. The molecule has 2 rings (SSSR count). The van der Waals surface area contributed by atoms with E-state index in [1.807, 2.05) is 44.2 Å². The van der Waals surface area contributed by atoms with Crippen LogP contribution in [0.25, 0.3) is 0 Å². The van der Waals surface area contributed by atoms with Crippen molar-refractivity contribution in [3.05, 3.63) is 60.2 Å². The van der Waals surface area contributed by atoms with Gasteiger partial charge in [0.25, 0.3) is 5.91 Å². The van der Waals surface area contributed by atoms with Crippen LogP contribution in [-0.4, -0.2) is 47.6 Å². The van der Waals surface area contributed by atoms with E-state index in [1.165, 1.54) is 4.90 Å². The number of nitrogens with zero attached hydrogens (tertiary/aromatic N) is 1. The molecule has 0 saturated carbocycles. The van der Waals surface area contributed by atoms with Crippen LogP contribution in [0.15, 0.2) is 54.6 Å². The fraction of sp³-hybridized carbons (Fsp3) is 0.444. The number of hydrogen-bond donors (Lipinski definition) is 2. The van der Waals surface area contributed by atoms with Crippen molar-refractivity contribution < 1.29 is 23.9 Å². The quantitative estimate of drug-likeness (QED) is 0.528. The number of carbonyl (C=O) groups is 3. The lowest BCUT2D eigenvalue weighted by atomic mass is 10.00. The van der Waals surface area contributed by atoms with E-state index >= 15 is 0 Å². The Bertz CT molecular complexity index is 986. The van der Waals surface area contributed by atoms with Crippen molar-refractivity contribution in [3.8, 4) is 5.75 Å². The molecule has 3 unspecified atom stereocenters. The van der Waals surface area contributed by atoms with Crippen LogP contribution in [0.5, 0.6) is 5.75 Å². The number of ether oxygens (including phenoxy) is 2. The summed E-state index contributed by atoms with van der Waals surface area (Å²) in [4.78, 5) is 41.1. The molecule has 0 saturated heterocycles. The minimum Gasteiger partial charge on any atom is -0.497 e. The van der Waals surface area contributed by atoms with Crippen molar-refractivity contribution in [3.63, 3.8) is 0 Å². The number of hydrogen-bond acceptors (Lipinski definition) is 5. The average molecular weight is 484 g/mol. The largest absolute Gasteiger partial charge is 0.497 e. The van der Waals surface area contributed by atoms with Gasteiger partial charge < -0.3 is 25.0 Å². The first kappa shape index (κ1) is 27.7. The third kappa shape index (κ3) is 8.02. The van der Waals surface area contributed by atoms with Gasteiger partial charge in [-0.25, -0.2) is 4.79 Å². The van der Waals surface area contributed by atoms with Crippen molar-refractivity contribution >= 4 is 23.6 Å². The number of nitrogens with one attached hydrogen (secondary N) is 2. The first-order valence-electron chi connectivity index (χ1n) is 11.8. The summed E-state index contributed by atoms with van der Waals surface area (Å²) < 4.78 is 10.5. The summed E-state index contributed by atoms with van der Waals surface area (Å²) in [7, 11) is 1.57. The Labute approximate surface area is 208 Å². The van der Waals surface area contributed by atoms with Gasteiger partial charge in [0.2, 0.25) is 5.91 Å². The first-order chi connectivity index (χ1) is 16.5. The molecule has 0 heterocycles. The highest BCUT2D eigenvalue weighted by atomic mass is 16.6. The second-order valence-electron chi connectivity index (χ2n) is 9.40. The fourth-order valence-electron chi connectivity index (χ4n) is 3.52. The lowest BCUT2D eigenvalue weighted by Crippen LogP contribution is -2.53. The highest BCUT2D eigenvalue weighted by Gasteiger charge is 2.37. The van der Waals surface area contributed by atoms with Crippen LogP contribution in [0.2, 0.25) is 0 Å². The average Bonchev–Trinajstić information content (AvgIpc) is 2.81. The summed E-state index contributed by atoms with van der Waals surface area (Å²) in [6.45, 7) is 10.7. The number of carbonyl (C=O) groups excluding carboxylic acids is 3. The topological polar surface area (TPSA) is 97.0 Å². The molecule has 0 bridgehead atoms. The van der Waals surface area contributed by atoms with Gasteiger partial charge in [0.15, 0.2) is 0 Å². The lowest BCUT2D eigenvalue weighted by molar-refractivity contribution is -0.143. The van der Waals surface area contributed by atoms with E-state index in [0.29, 0.717) is 23.4 Å². The molecule has 8 heteroatoms. The standard InChI is InChI=1S/C27H37N3O5/c1-8-18(2)30(25(32)19(3)28-26(33)35-27(4,5)6)23(20-12-10-9-11-13-20)24(31)29-21-14-16-22(34-7)17-15-21/h9-19,23H,8H2,1-7H3,(H,28,33)(H,29,31). The van der Waals surface area contributed by atoms with Gasteiger partial charge in [-0.1, -0.05) is 37.3 Å². The number of anilines is 1. The van der Waals surface area contributed by atoms with Crippen LogP contribution < -0.4 is 15.4 Å². The third-order valence-corrected chi connectivity index (χ3v) is 5.42. The second kappa shape index (κ2) is 12.2. The van der Waals surface area contributed by atoms with Crippen LogP contribution in [-0.2, 0) is 14.3 Å². The SMILES string of the molecule is CCC(C)N(C(=O)C(C)NC(=O)OC(C)(C)C)C(C(=O)Nc1ccc(OC)cc1)c1ccccc1. The second-order valence-corrected chi connectivity index (χ2v) is 9.40. The van der Waals surface area contributed by atoms with E-state index in [0.717, 1.165) is 0 Å². The van der Waals surface area contributed by atoms with Crippen molar-refractivity contribution in [1.82, 2.24) is 10.2 Å². The van der Waals surface area contributed by atoms with Crippen LogP contribution in [0.4, 0.5) is 10.5 Å². The predicted octanol–water partition coefficient (Wildman–Crippen LogP) is 4.92. The summed E-state index contributed by atoms with van der Waals surface area (Å²) in [6.07, 6.45) is -0.0780. The van der Waals surface area contributed by atoms with E-state index in [4.69, 9.17) is 9.47 Å². The van der Waals surface area contributed by atoms with Crippen molar-refractivity contribution in [2.75, 3.05) is 12.4 Å². The molecule has 0 aliphatic heterocycles. The fourth-order valence-corrected chi connectivity index (χ4v) is 3.52. The van der Waals surface area contributed by atoms with E-state index < -0.39 is 23.8 Å². The Kier molecular flexibility index (Phi) is 9.68. The zero-order chi connectivity index (χ0) is 26.2. The maximum absolute atomic E-state index is 13.7. The predicted molar refractivity (Wildman–Crippen MR) is 136 cm³/mol. The first-order valence-corrected chi connectivity index (χ1v) is 11.8. The highest BCUT2D eigenvalue weighted by Crippen LogP contribution is 2.28. The van der Waals surface area contributed by atoms with Gasteiger partial charge in [-0.3, -0.25) is 9.59 Å². The molecule has 0 aromatic heterocycles. The molecule has 2 aromatic carbocycles. The van der Waals surface area contributed by atoms with Gasteiger partial charge in [-0.05, 0) is 70.9 Å². The molecular weight excluding hydrogens is 446 g/mol. The number of alkyl carbamates (subject to hydrolysis) is 1. The number of benzene rings is 2. The molecule has 2 N–H and O–H groups in total. The molecule has 0 spiro atoms. The summed E-state index contributed by atoms with van der Waals surface area (Å²) in [5.74, 6) is -0.0792. The molecule has 190 valence electrons. The molecule has 0 aliphatic carbocycles. The molecule has 3 atom stereocenters. The van der Waals surface area contributed by atoms with Crippen LogP contribution in [0.1, 0.15) is 59.6 Å². The zero-order valence-electron chi connectivity index (χ0n) is 21.6. The van der Waals surface area contributed by atoms with Gasteiger partial charge in [-0.15, -0.1) is 0 Å². The Morgan fingerprint density at radius 1 is 0.971 bits per heavy atom. The number of amides is 3. The van der Waals surface area contributed by atoms with E-state index in [2.05, 4.69) is 10.6 Å². The van der Waals surface area contributed by atoms with Gasteiger partial charge in [0.1, 0.15) is 23.4 Å². The minimum absolute atomic E-state index is 0.280. The molecule has 0 aliphatic rings. The van der Waals surface area contributed by atoms with Crippen molar-refractivity contribution in [1.29, 1.82) is 0 Å². The molecule has 3 amide bonds. The maximum atomic E-state index is 13.7. The smallest absolute Gasteiger partial charge is 0.408 e. The molecule has 2 aromatic rings. The third-order valence-electron chi connectivity index (χ3n) is 5.42. The van der Waals surface area contributed by atoms with Crippen molar-refractivity contribution in [2.45, 2.75) is 71.7 Å². The van der Waals surface area contributed by atoms with Crippen LogP contribution in [0.3, 0.4) is 0 Å². The highest BCUT2D eigenvalue weighted by molar-refractivity contribution is 5.99. The molecule has 35 heavy (non-hydrogen) atoms. The molecule has 0 fully saturated rings. The summed E-state index contributed by atoms with van der Waals surface area (Å²) in [5, 5.41) is 5.52. The molecule has 8 nitrogen and oxygen atoms in total. The van der Waals surface area contributed by atoms with Gasteiger partial charge in [0.05, 0.1) is 7.11 Å². The summed E-state index contributed by atoms with van der Waals surface area (Å²) in [5.41, 5.74) is 0.540. The minimum atomic E-state index is -0.913. The van der Waals surface area contributed by atoms with Crippen molar-refractivity contribution in [2.24, 2.45) is 0 Å². The monoisotopic (exact) mass is 483 g/mol. The Balaban J connectivity index is 2.39.